The van der Waals surface area contributed by atoms with Crippen molar-refractivity contribution < 1.29 is 14.4 Å². The number of rotatable bonds is 6. The Morgan fingerprint density at radius 3 is 2.59 bits per heavy atom. The minimum Gasteiger partial charge on any atom is -0.354 e. The second kappa shape index (κ2) is 8.88. The van der Waals surface area contributed by atoms with Crippen LogP contribution in [0.1, 0.15) is 23.2 Å². The molecule has 0 spiro atoms. The van der Waals surface area contributed by atoms with Crippen molar-refractivity contribution in [1.29, 1.82) is 0 Å². The molecule has 3 aromatic rings. The summed E-state index contributed by atoms with van der Waals surface area (Å²) in [6, 6.07) is 12.7. The van der Waals surface area contributed by atoms with Gasteiger partial charge in [0.25, 0.3) is 5.91 Å². The number of nitrogens with one attached hydrogen (secondary N) is 4. The average molecular weight is 435 g/mol. The first-order chi connectivity index (χ1) is 15.4. The number of nitrogens with zero attached hydrogens (tertiary/aromatic N) is 1. The van der Waals surface area contributed by atoms with Gasteiger partial charge in [-0.3, -0.25) is 24.0 Å². The minimum absolute atomic E-state index is 0.000266. The summed E-state index contributed by atoms with van der Waals surface area (Å²) in [5.41, 5.74) is 0.450. The summed E-state index contributed by atoms with van der Waals surface area (Å²) in [6.45, 7) is 0.242. The molecule has 1 aliphatic rings. The molecule has 32 heavy (non-hydrogen) atoms. The number of benzene rings is 2. The van der Waals surface area contributed by atoms with Crippen molar-refractivity contribution in [1.82, 2.24) is 20.2 Å². The van der Waals surface area contributed by atoms with Crippen molar-refractivity contribution in [2.45, 2.75) is 25.4 Å². The molecule has 0 bridgehead atoms. The Morgan fingerprint density at radius 1 is 1.00 bits per heavy atom. The van der Waals surface area contributed by atoms with E-state index in [1.165, 1.54) is 4.57 Å². The normalized spacial score (nSPS) is 15.4. The van der Waals surface area contributed by atoms with E-state index in [0.29, 0.717) is 22.3 Å². The van der Waals surface area contributed by atoms with Crippen molar-refractivity contribution in [2.75, 3.05) is 11.9 Å². The molecule has 1 aliphatic heterocycles. The third-order valence-corrected chi connectivity index (χ3v) is 5.25. The summed E-state index contributed by atoms with van der Waals surface area (Å²) in [6.07, 6.45) is 0.116. The summed E-state index contributed by atoms with van der Waals surface area (Å²) in [5, 5.41) is 8.02. The maximum Gasteiger partial charge on any atom is 0.316 e. The Morgan fingerprint density at radius 2 is 1.75 bits per heavy atom. The van der Waals surface area contributed by atoms with Gasteiger partial charge in [0.05, 0.1) is 22.3 Å². The molecule has 1 aromatic heterocycles. The van der Waals surface area contributed by atoms with E-state index in [-0.39, 0.29) is 37.7 Å². The van der Waals surface area contributed by atoms with Crippen LogP contribution in [0.4, 0.5) is 5.69 Å². The molecule has 2 heterocycles. The number of aromatic amines is 1. The molecule has 0 aliphatic carbocycles. The molecule has 4 N–H and O–H groups in total. The van der Waals surface area contributed by atoms with Crippen LogP contribution in [-0.2, 0) is 16.1 Å². The molecule has 3 amide bonds. The van der Waals surface area contributed by atoms with Gasteiger partial charge in [-0.15, -0.1) is 0 Å². The van der Waals surface area contributed by atoms with Gasteiger partial charge in [0.15, 0.2) is 0 Å². The molecule has 4 rings (SSSR count). The molecule has 10 nitrogen and oxygen atoms in total. The Balaban J connectivity index is 1.34. The molecule has 0 fully saturated rings. The standard InChI is InChI=1S/C22H21N5O5/c28-18(10-9-16-20(30)24-14-6-2-1-5-13(14)19(29)26-16)23-11-12-27-17-8-4-3-7-15(17)25-21(31)22(27)32/h1-8,16H,9-12H2,(H,23,28)(H,24,30)(H,25,31)(H,26,29)/t16-/m1/s1. The zero-order chi connectivity index (χ0) is 22.7. The molecule has 0 saturated carbocycles. The van der Waals surface area contributed by atoms with E-state index in [9.17, 15) is 24.0 Å². The maximum absolute atomic E-state index is 12.4. The first-order valence-electron chi connectivity index (χ1n) is 10.1. The van der Waals surface area contributed by atoms with E-state index in [1.807, 2.05) is 0 Å². The van der Waals surface area contributed by atoms with Gasteiger partial charge >= 0.3 is 11.1 Å². The van der Waals surface area contributed by atoms with Crippen molar-refractivity contribution in [3.8, 4) is 0 Å². The third-order valence-electron chi connectivity index (χ3n) is 5.25. The highest BCUT2D eigenvalue weighted by Crippen LogP contribution is 2.19. The molecule has 0 unspecified atom stereocenters. The third kappa shape index (κ3) is 4.29. The number of carbonyl (C=O) groups is 3. The first kappa shape index (κ1) is 21.0. The first-order valence-corrected chi connectivity index (χ1v) is 10.1. The SMILES string of the molecule is O=C(CC[C@H]1NC(=O)c2ccccc2NC1=O)NCCn1c(=O)c(=O)[nH]c2ccccc21. The molecular weight excluding hydrogens is 414 g/mol. The fourth-order valence-corrected chi connectivity index (χ4v) is 3.63. The quantitative estimate of drug-likeness (QED) is 0.413. The van der Waals surface area contributed by atoms with Gasteiger partial charge in [0.1, 0.15) is 6.04 Å². The Kier molecular flexibility index (Phi) is 5.84. The van der Waals surface area contributed by atoms with Gasteiger partial charge < -0.3 is 25.5 Å². The molecular formula is C22H21N5O5. The van der Waals surface area contributed by atoms with Crippen molar-refractivity contribution >= 4 is 34.4 Å². The van der Waals surface area contributed by atoms with Crippen molar-refractivity contribution in [3.63, 3.8) is 0 Å². The molecule has 164 valence electrons. The number of aromatic nitrogens is 2. The van der Waals surface area contributed by atoms with Gasteiger partial charge in [-0.1, -0.05) is 24.3 Å². The van der Waals surface area contributed by atoms with Crippen LogP contribution < -0.4 is 27.1 Å². The van der Waals surface area contributed by atoms with E-state index in [0.717, 1.165) is 0 Å². The molecule has 0 saturated heterocycles. The average Bonchev–Trinajstić information content (AvgIpc) is 2.90. The van der Waals surface area contributed by atoms with Gasteiger partial charge in [-0.25, -0.2) is 0 Å². The monoisotopic (exact) mass is 435 g/mol. The molecule has 1 atom stereocenters. The van der Waals surface area contributed by atoms with Gasteiger partial charge in [-0.05, 0) is 30.7 Å². The van der Waals surface area contributed by atoms with Crippen LogP contribution >= 0.6 is 0 Å². The van der Waals surface area contributed by atoms with Crippen LogP contribution in [0.15, 0.2) is 58.1 Å². The fraction of sp³-hybridized carbons (Fsp3) is 0.227. The molecule has 2 aromatic carbocycles. The summed E-state index contributed by atoms with van der Waals surface area (Å²) in [7, 11) is 0. The number of para-hydroxylation sites is 3. The van der Waals surface area contributed by atoms with Crippen LogP contribution in [0.25, 0.3) is 11.0 Å². The summed E-state index contributed by atoms with van der Waals surface area (Å²) < 4.78 is 1.31. The van der Waals surface area contributed by atoms with Crippen molar-refractivity contribution in [2.24, 2.45) is 0 Å². The summed E-state index contributed by atoms with van der Waals surface area (Å²) >= 11 is 0. The zero-order valence-electron chi connectivity index (χ0n) is 17.0. The predicted octanol–water partition coefficient (Wildman–Crippen LogP) is 0.337. The van der Waals surface area contributed by atoms with Gasteiger partial charge in [-0.2, -0.15) is 0 Å². The second-order valence-electron chi connectivity index (χ2n) is 7.38. The topological polar surface area (TPSA) is 142 Å². The maximum atomic E-state index is 12.4. The number of hydrogen-bond acceptors (Lipinski definition) is 5. The molecule has 0 radical (unpaired) electrons. The summed E-state index contributed by atoms with van der Waals surface area (Å²) in [4.78, 5) is 63.6. The Bertz CT molecular complexity index is 1330. The lowest BCUT2D eigenvalue weighted by Crippen LogP contribution is -2.42. The van der Waals surface area contributed by atoms with Crippen LogP contribution in [0.5, 0.6) is 0 Å². The van der Waals surface area contributed by atoms with E-state index >= 15 is 0 Å². The lowest BCUT2D eigenvalue weighted by molar-refractivity contribution is -0.121. The summed E-state index contributed by atoms with van der Waals surface area (Å²) in [5.74, 6) is -1.11. The van der Waals surface area contributed by atoms with E-state index in [4.69, 9.17) is 0 Å². The van der Waals surface area contributed by atoms with Crippen LogP contribution in [0.3, 0.4) is 0 Å². The van der Waals surface area contributed by atoms with E-state index in [2.05, 4.69) is 20.9 Å². The lowest BCUT2D eigenvalue weighted by Gasteiger charge is -2.14. The van der Waals surface area contributed by atoms with Crippen molar-refractivity contribution in [3.05, 3.63) is 74.8 Å². The highest BCUT2D eigenvalue weighted by molar-refractivity contribution is 6.09. The predicted molar refractivity (Wildman–Crippen MR) is 117 cm³/mol. The van der Waals surface area contributed by atoms with Gasteiger partial charge in [0.2, 0.25) is 11.8 Å². The number of fused-ring (bicyclic) bond motifs is 2. The smallest absolute Gasteiger partial charge is 0.316 e. The number of amides is 3. The number of H-pyrrole nitrogens is 1. The van der Waals surface area contributed by atoms with Crippen LogP contribution in [0.2, 0.25) is 0 Å². The molecule has 10 heteroatoms. The second-order valence-corrected chi connectivity index (χ2v) is 7.38. The Labute approximate surface area is 181 Å². The number of carbonyl (C=O) groups excluding carboxylic acids is 3. The van der Waals surface area contributed by atoms with E-state index < -0.39 is 23.1 Å². The van der Waals surface area contributed by atoms with Crippen LogP contribution in [-0.4, -0.2) is 39.9 Å². The van der Waals surface area contributed by atoms with Crippen LogP contribution in [0, 0.1) is 0 Å². The largest absolute Gasteiger partial charge is 0.354 e. The Hall–Kier alpha value is -4.21. The fourth-order valence-electron chi connectivity index (χ4n) is 3.63. The highest BCUT2D eigenvalue weighted by atomic mass is 16.2. The minimum atomic E-state index is -0.847. The number of anilines is 1. The highest BCUT2D eigenvalue weighted by Gasteiger charge is 2.27. The lowest BCUT2D eigenvalue weighted by atomic mass is 10.1. The van der Waals surface area contributed by atoms with Gasteiger partial charge in [0, 0.05) is 19.5 Å². The van der Waals surface area contributed by atoms with E-state index in [1.54, 1.807) is 48.5 Å². The number of hydrogen-bond donors (Lipinski definition) is 4. The zero-order valence-corrected chi connectivity index (χ0v) is 17.0.